The summed E-state index contributed by atoms with van der Waals surface area (Å²) in [6, 6.07) is 0. The van der Waals surface area contributed by atoms with Crippen LogP contribution in [0, 0.1) is 6.33 Å². The third-order valence-corrected chi connectivity index (χ3v) is 1.52. The van der Waals surface area contributed by atoms with Crippen molar-refractivity contribution in [3.63, 3.8) is 0 Å². The van der Waals surface area contributed by atoms with Crippen LogP contribution in [0.2, 0.25) is 0 Å². The van der Waals surface area contributed by atoms with Crippen LogP contribution in [0.4, 0.5) is 0 Å². The third-order valence-electron chi connectivity index (χ3n) is 1.05. The van der Waals surface area contributed by atoms with Crippen LogP contribution >= 0.6 is 11.7 Å². The molecule has 0 bridgehead atoms. The molecule has 0 atom stereocenters. The fraction of sp³-hybridized carbons (Fsp3) is 0. The van der Waals surface area contributed by atoms with Gasteiger partial charge in [0.05, 0.1) is 17.9 Å². The Morgan fingerprint density at radius 3 is 3.20 bits per heavy atom. The molecule has 1 radical (unpaired) electrons. The number of aromatic nitrogens is 4. The van der Waals surface area contributed by atoms with E-state index in [-0.39, 0.29) is 0 Å². The Morgan fingerprint density at radius 1 is 1.60 bits per heavy atom. The molecule has 2 aromatic rings. The Balaban J connectivity index is 2.48. The Bertz CT molecular complexity index is 253. The molecule has 2 rings (SSSR count). The first-order valence-corrected chi connectivity index (χ1v) is 3.39. The minimum absolute atomic E-state index is 0.766. The van der Waals surface area contributed by atoms with E-state index in [1.807, 2.05) is 0 Å². The van der Waals surface area contributed by atoms with Crippen molar-refractivity contribution in [2.24, 2.45) is 0 Å². The summed E-state index contributed by atoms with van der Waals surface area (Å²) >= 11 is 1.17. The van der Waals surface area contributed by atoms with Gasteiger partial charge in [0.1, 0.15) is 0 Å². The van der Waals surface area contributed by atoms with Crippen molar-refractivity contribution in [2.45, 2.75) is 0 Å². The maximum Gasteiger partial charge on any atom is 0.182 e. The van der Waals surface area contributed by atoms with Gasteiger partial charge in [-0.05, 0) is 0 Å². The van der Waals surface area contributed by atoms with Gasteiger partial charge in [-0.15, -0.1) is 0 Å². The lowest BCUT2D eigenvalue weighted by atomic mass is 10.7. The predicted molar refractivity (Wildman–Crippen MR) is 35.9 cm³/mol. The second-order valence-electron chi connectivity index (χ2n) is 1.66. The number of imidazole rings is 1. The lowest BCUT2D eigenvalue weighted by Gasteiger charge is -1.88. The second kappa shape index (κ2) is 2.18. The molecule has 0 aliphatic rings. The first-order chi connectivity index (χ1) is 4.97. The molecular weight excluding hydrogens is 148 g/mol. The average molecular weight is 151 g/mol. The zero-order chi connectivity index (χ0) is 6.81. The van der Waals surface area contributed by atoms with E-state index in [0.29, 0.717) is 0 Å². The van der Waals surface area contributed by atoms with Gasteiger partial charge in [0.15, 0.2) is 12.1 Å². The summed E-state index contributed by atoms with van der Waals surface area (Å²) in [5.74, 6) is 0.766. The molecule has 2 heterocycles. The summed E-state index contributed by atoms with van der Waals surface area (Å²) in [5, 5.41) is 0. The van der Waals surface area contributed by atoms with Crippen LogP contribution in [0.15, 0.2) is 18.6 Å². The Kier molecular flexibility index (Phi) is 1.21. The van der Waals surface area contributed by atoms with Crippen LogP contribution < -0.4 is 0 Å². The van der Waals surface area contributed by atoms with Gasteiger partial charge in [-0.2, -0.15) is 8.75 Å². The van der Waals surface area contributed by atoms with Crippen molar-refractivity contribution in [3.8, 4) is 5.82 Å². The molecule has 0 aromatic carbocycles. The Morgan fingerprint density at radius 2 is 2.60 bits per heavy atom. The van der Waals surface area contributed by atoms with Crippen molar-refractivity contribution in [1.29, 1.82) is 0 Å². The summed E-state index contributed by atoms with van der Waals surface area (Å²) in [6.07, 6.45) is 7.81. The molecule has 2 aromatic heterocycles. The maximum absolute atomic E-state index is 3.98. The summed E-state index contributed by atoms with van der Waals surface area (Å²) in [4.78, 5) is 3.75. The van der Waals surface area contributed by atoms with Crippen LogP contribution in [-0.2, 0) is 0 Å². The average Bonchev–Trinajstić information content (AvgIpc) is 2.59. The highest BCUT2D eigenvalue weighted by Crippen LogP contribution is 2.00. The van der Waals surface area contributed by atoms with Crippen LogP contribution in [0.1, 0.15) is 0 Å². The molecular formula is C5H3N4S. The van der Waals surface area contributed by atoms with E-state index >= 15 is 0 Å². The zero-order valence-corrected chi connectivity index (χ0v) is 5.75. The predicted octanol–water partition coefficient (Wildman–Crippen LogP) is 0.524. The molecule has 0 N–H and O–H groups in total. The number of hydrogen-bond acceptors (Lipinski definition) is 4. The van der Waals surface area contributed by atoms with Crippen LogP contribution in [0.3, 0.4) is 0 Å². The molecule has 4 nitrogen and oxygen atoms in total. The SMILES string of the molecule is [c]1nccn1-c1cnsn1. The standard InChI is InChI=1S/C5H3N4S/c1-2-9(4-6-1)5-3-7-10-8-5/h1-3H. The topological polar surface area (TPSA) is 43.6 Å². The summed E-state index contributed by atoms with van der Waals surface area (Å²) in [7, 11) is 0. The van der Waals surface area contributed by atoms with Gasteiger partial charge in [-0.3, -0.25) is 4.57 Å². The summed E-state index contributed by atoms with van der Waals surface area (Å²) < 4.78 is 9.51. The maximum atomic E-state index is 3.98. The minimum Gasteiger partial charge on any atom is -0.279 e. The fourth-order valence-corrected chi connectivity index (χ4v) is 1.03. The van der Waals surface area contributed by atoms with E-state index in [1.165, 1.54) is 11.7 Å². The van der Waals surface area contributed by atoms with Gasteiger partial charge in [-0.25, -0.2) is 4.98 Å². The van der Waals surface area contributed by atoms with Gasteiger partial charge in [-0.1, -0.05) is 0 Å². The molecule has 0 aliphatic heterocycles. The van der Waals surface area contributed by atoms with Gasteiger partial charge in [0.2, 0.25) is 0 Å². The number of rotatable bonds is 1. The van der Waals surface area contributed by atoms with Crippen molar-refractivity contribution in [2.75, 3.05) is 0 Å². The molecule has 0 saturated carbocycles. The molecule has 10 heavy (non-hydrogen) atoms. The van der Waals surface area contributed by atoms with Crippen molar-refractivity contribution >= 4 is 11.7 Å². The quantitative estimate of drug-likeness (QED) is 0.597. The van der Waals surface area contributed by atoms with Crippen LogP contribution in [0.25, 0.3) is 5.82 Å². The normalized spacial score (nSPS) is 10.0. The van der Waals surface area contributed by atoms with Crippen molar-refractivity contribution in [3.05, 3.63) is 24.9 Å². The van der Waals surface area contributed by atoms with E-state index in [0.717, 1.165) is 5.82 Å². The van der Waals surface area contributed by atoms with E-state index in [1.54, 1.807) is 23.2 Å². The molecule has 0 amide bonds. The van der Waals surface area contributed by atoms with Gasteiger partial charge >= 0.3 is 0 Å². The molecule has 0 aliphatic carbocycles. The zero-order valence-electron chi connectivity index (χ0n) is 4.93. The highest BCUT2D eigenvalue weighted by molar-refractivity contribution is 6.99. The number of hydrogen-bond donors (Lipinski definition) is 0. The highest BCUT2D eigenvalue weighted by Gasteiger charge is 1.95. The molecule has 0 unspecified atom stereocenters. The van der Waals surface area contributed by atoms with Crippen LogP contribution in [-0.4, -0.2) is 18.3 Å². The monoisotopic (exact) mass is 151 g/mol. The van der Waals surface area contributed by atoms with Gasteiger partial charge in [0, 0.05) is 12.4 Å². The summed E-state index contributed by atoms with van der Waals surface area (Å²) in [6.45, 7) is 0. The first kappa shape index (κ1) is 5.55. The lowest BCUT2D eigenvalue weighted by Crippen LogP contribution is -1.88. The molecule has 49 valence electrons. The van der Waals surface area contributed by atoms with Crippen molar-refractivity contribution in [1.82, 2.24) is 18.3 Å². The first-order valence-electron chi connectivity index (χ1n) is 2.66. The Hall–Kier alpha value is -1.23. The molecule has 0 spiro atoms. The van der Waals surface area contributed by atoms with E-state index in [2.05, 4.69) is 20.1 Å². The van der Waals surface area contributed by atoms with Gasteiger partial charge in [0.25, 0.3) is 0 Å². The second-order valence-corrected chi connectivity index (χ2v) is 2.22. The minimum atomic E-state index is 0.766. The lowest BCUT2D eigenvalue weighted by molar-refractivity contribution is 1.01. The molecule has 5 heteroatoms. The fourth-order valence-electron chi connectivity index (χ4n) is 0.622. The van der Waals surface area contributed by atoms with E-state index < -0.39 is 0 Å². The number of nitrogens with zero attached hydrogens (tertiary/aromatic N) is 4. The summed E-state index contributed by atoms with van der Waals surface area (Å²) in [5.41, 5.74) is 0. The largest absolute Gasteiger partial charge is 0.279 e. The van der Waals surface area contributed by atoms with E-state index in [9.17, 15) is 0 Å². The Labute approximate surface area is 61.5 Å². The molecule has 0 saturated heterocycles. The third kappa shape index (κ3) is 0.801. The molecule has 0 fully saturated rings. The van der Waals surface area contributed by atoms with Crippen LogP contribution in [0.5, 0.6) is 0 Å². The van der Waals surface area contributed by atoms with E-state index in [4.69, 9.17) is 0 Å². The van der Waals surface area contributed by atoms with Crippen molar-refractivity contribution < 1.29 is 0 Å². The van der Waals surface area contributed by atoms with Gasteiger partial charge < -0.3 is 0 Å². The highest BCUT2D eigenvalue weighted by atomic mass is 32.1. The smallest absolute Gasteiger partial charge is 0.182 e.